The predicted octanol–water partition coefficient (Wildman–Crippen LogP) is 5.75. The van der Waals surface area contributed by atoms with Crippen molar-refractivity contribution >= 4 is 17.5 Å². The summed E-state index contributed by atoms with van der Waals surface area (Å²) in [6, 6.07) is 19.5. The number of rotatable bonds is 13. The van der Waals surface area contributed by atoms with Gasteiger partial charge in [-0.15, -0.1) is 0 Å². The first kappa shape index (κ1) is 36.1. The van der Waals surface area contributed by atoms with Crippen LogP contribution in [0.2, 0.25) is 0 Å². The Kier molecular flexibility index (Phi) is 11.6. The minimum Gasteiger partial charge on any atom is -0.438 e. The third-order valence-corrected chi connectivity index (χ3v) is 9.70. The molecule has 13 heteroatoms. The molecule has 53 heavy (non-hydrogen) atoms. The van der Waals surface area contributed by atoms with Gasteiger partial charge in [0.2, 0.25) is 5.88 Å². The quantitative estimate of drug-likeness (QED) is 0.131. The van der Waals surface area contributed by atoms with Crippen molar-refractivity contribution in [3.05, 3.63) is 114 Å². The lowest BCUT2D eigenvalue weighted by atomic mass is 9.91. The average molecular weight is 724 g/mol. The highest BCUT2D eigenvalue weighted by Gasteiger charge is 2.26. The molecule has 1 aliphatic carbocycles. The van der Waals surface area contributed by atoms with Gasteiger partial charge in [0.15, 0.2) is 0 Å². The van der Waals surface area contributed by atoms with E-state index >= 15 is 0 Å². The van der Waals surface area contributed by atoms with E-state index in [9.17, 15) is 18.4 Å². The zero-order valence-electron chi connectivity index (χ0n) is 29.4. The number of morpholine rings is 1. The molecule has 0 bridgehead atoms. The number of pyridine rings is 2. The molecule has 7 rings (SSSR count). The lowest BCUT2D eigenvalue weighted by Gasteiger charge is -2.29. The summed E-state index contributed by atoms with van der Waals surface area (Å²) in [4.78, 5) is 37.1. The third kappa shape index (κ3) is 9.60. The van der Waals surface area contributed by atoms with Gasteiger partial charge >= 0.3 is 0 Å². The Bertz CT molecular complexity index is 2030. The van der Waals surface area contributed by atoms with Crippen LogP contribution < -0.4 is 20.7 Å². The number of benzene rings is 2. The van der Waals surface area contributed by atoms with Gasteiger partial charge in [-0.2, -0.15) is 0 Å². The molecule has 0 radical (unpaired) electrons. The van der Waals surface area contributed by atoms with Gasteiger partial charge in [0.1, 0.15) is 34.3 Å². The molecule has 2 fully saturated rings. The van der Waals surface area contributed by atoms with E-state index in [1.807, 2.05) is 18.2 Å². The van der Waals surface area contributed by atoms with Gasteiger partial charge in [-0.25, -0.2) is 18.7 Å². The third-order valence-electron chi connectivity index (χ3n) is 9.70. The Hall–Kier alpha value is -5.24. The summed E-state index contributed by atoms with van der Waals surface area (Å²) in [5.41, 5.74) is 3.81. The van der Waals surface area contributed by atoms with Crippen LogP contribution in [0.25, 0.3) is 16.8 Å². The summed E-state index contributed by atoms with van der Waals surface area (Å²) in [6.07, 6.45) is 7.36. The zero-order chi connectivity index (χ0) is 36.6. The molecule has 2 aliphatic rings. The van der Waals surface area contributed by atoms with Crippen LogP contribution in [0.1, 0.15) is 58.5 Å². The van der Waals surface area contributed by atoms with E-state index in [1.54, 1.807) is 6.07 Å². The molecule has 5 aromatic rings. The van der Waals surface area contributed by atoms with E-state index in [2.05, 4.69) is 55.1 Å². The number of hydrogen-bond donors (Lipinski definition) is 3. The average Bonchev–Trinajstić information content (AvgIpc) is 3.61. The molecule has 1 aliphatic heterocycles. The summed E-state index contributed by atoms with van der Waals surface area (Å²) < 4.78 is 40.9. The Morgan fingerprint density at radius 3 is 2.38 bits per heavy atom. The number of ether oxygens (including phenoxy) is 2. The standard InChI is InChI=1S/C40H43F2N7O4/c41-30-9-14-37-47-36(26-49(37)25-30)39(51)46-33-12-10-32(11-13-33)45-38(50)35-22-31(42)24-44-40(35)53-34-4-1-3-29(21-34)28-7-5-27(6-8-28)23-43-15-2-16-48-17-19-52-20-18-48/h1,3-9,14,21-22,24-26,32-33,43H,2,10-13,15-20,23H2,(H,45,50)(H,46,51)/t32-,33-. The fourth-order valence-electron chi connectivity index (χ4n) is 6.80. The van der Waals surface area contributed by atoms with Crippen LogP contribution in [0.5, 0.6) is 11.6 Å². The smallest absolute Gasteiger partial charge is 0.271 e. The molecule has 11 nitrogen and oxygen atoms in total. The molecule has 2 amide bonds. The first-order valence-electron chi connectivity index (χ1n) is 18.2. The van der Waals surface area contributed by atoms with Crippen molar-refractivity contribution in [3.63, 3.8) is 0 Å². The maximum Gasteiger partial charge on any atom is 0.271 e. The van der Waals surface area contributed by atoms with Crippen LogP contribution in [0.4, 0.5) is 8.78 Å². The topological polar surface area (TPSA) is 122 Å². The number of amides is 2. The SMILES string of the molecule is O=C(N[C@H]1CC[C@H](NC(=O)c2cc(F)cnc2Oc2cccc(-c3ccc(CNCCCN4CCOCC4)cc3)c2)CC1)c1cn2cc(F)ccc2n1. The Morgan fingerprint density at radius 2 is 1.60 bits per heavy atom. The Morgan fingerprint density at radius 1 is 0.849 bits per heavy atom. The van der Waals surface area contributed by atoms with E-state index in [0.717, 1.165) is 75.7 Å². The van der Waals surface area contributed by atoms with Crippen molar-refractivity contribution in [1.82, 2.24) is 35.2 Å². The molecule has 4 heterocycles. The van der Waals surface area contributed by atoms with Gasteiger partial charge in [-0.3, -0.25) is 14.5 Å². The maximum absolute atomic E-state index is 14.4. The van der Waals surface area contributed by atoms with E-state index < -0.39 is 17.5 Å². The zero-order valence-corrected chi connectivity index (χ0v) is 29.4. The van der Waals surface area contributed by atoms with Crippen molar-refractivity contribution in [2.75, 3.05) is 39.4 Å². The molecule has 3 N–H and O–H groups in total. The summed E-state index contributed by atoms with van der Waals surface area (Å²) in [7, 11) is 0. The number of imidazole rings is 1. The Balaban J connectivity index is 0.902. The van der Waals surface area contributed by atoms with Gasteiger partial charge in [0.25, 0.3) is 11.8 Å². The van der Waals surface area contributed by atoms with Crippen molar-refractivity contribution < 1.29 is 27.8 Å². The highest BCUT2D eigenvalue weighted by molar-refractivity contribution is 5.96. The second-order valence-corrected chi connectivity index (χ2v) is 13.6. The van der Waals surface area contributed by atoms with Crippen molar-refractivity contribution in [2.45, 2.75) is 50.7 Å². The molecule has 276 valence electrons. The van der Waals surface area contributed by atoms with E-state index in [0.29, 0.717) is 37.1 Å². The molecular formula is C40H43F2N7O4. The van der Waals surface area contributed by atoms with E-state index in [4.69, 9.17) is 9.47 Å². The normalized spacial score (nSPS) is 17.8. The molecular weight excluding hydrogens is 680 g/mol. The number of aromatic nitrogens is 3. The lowest BCUT2D eigenvalue weighted by Crippen LogP contribution is -2.44. The van der Waals surface area contributed by atoms with E-state index in [-0.39, 0.29) is 35.1 Å². The summed E-state index contributed by atoms with van der Waals surface area (Å²) in [5.74, 6) is -1.43. The molecule has 1 saturated heterocycles. The van der Waals surface area contributed by atoms with Crippen LogP contribution >= 0.6 is 0 Å². The van der Waals surface area contributed by atoms with Gasteiger partial charge < -0.3 is 29.8 Å². The predicted molar refractivity (Wildman–Crippen MR) is 196 cm³/mol. The molecule has 1 saturated carbocycles. The number of nitrogens with one attached hydrogen (secondary N) is 3. The largest absolute Gasteiger partial charge is 0.438 e. The van der Waals surface area contributed by atoms with Crippen molar-refractivity contribution in [3.8, 4) is 22.8 Å². The van der Waals surface area contributed by atoms with Crippen LogP contribution in [-0.4, -0.2) is 82.6 Å². The van der Waals surface area contributed by atoms with Gasteiger partial charge in [0, 0.05) is 44.1 Å². The van der Waals surface area contributed by atoms with Gasteiger partial charge in [0.05, 0.1) is 19.4 Å². The number of carbonyl (C=O) groups excluding carboxylic acids is 2. The molecule has 0 unspecified atom stereocenters. The molecule has 3 aromatic heterocycles. The summed E-state index contributed by atoms with van der Waals surface area (Å²) in [6.45, 7) is 6.49. The van der Waals surface area contributed by atoms with Crippen LogP contribution in [0.3, 0.4) is 0 Å². The van der Waals surface area contributed by atoms with Crippen LogP contribution in [0.15, 0.2) is 85.3 Å². The maximum atomic E-state index is 14.4. The number of fused-ring (bicyclic) bond motifs is 1. The molecule has 0 atom stereocenters. The fourth-order valence-corrected chi connectivity index (χ4v) is 6.80. The Labute approximate surface area is 306 Å². The highest BCUT2D eigenvalue weighted by atomic mass is 19.1. The highest BCUT2D eigenvalue weighted by Crippen LogP contribution is 2.29. The lowest BCUT2D eigenvalue weighted by molar-refractivity contribution is 0.0374. The van der Waals surface area contributed by atoms with Crippen molar-refractivity contribution in [1.29, 1.82) is 0 Å². The van der Waals surface area contributed by atoms with E-state index in [1.165, 1.54) is 34.5 Å². The minimum absolute atomic E-state index is 0.00378. The minimum atomic E-state index is -0.649. The number of carbonyl (C=O) groups is 2. The van der Waals surface area contributed by atoms with Crippen molar-refractivity contribution in [2.24, 2.45) is 0 Å². The summed E-state index contributed by atoms with van der Waals surface area (Å²) >= 11 is 0. The monoisotopic (exact) mass is 723 g/mol. The number of nitrogens with zero attached hydrogens (tertiary/aromatic N) is 4. The first-order chi connectivity index (χ1) is 25.9. The molecule has 2 aromatic carbocycles. The first-order valence-corrected chi connectivity index (χ1v) is 18.2. The number of hydrogen-bond acceptors (Lipinski definition) is 8. The fraction of sp³-hybridized carbons (Fsp3) is 0.350. The van der Waals surface area contributed by atoms with Gasteiger partial charge in [-0.1, -0.05) is 36.4 Å². The summed E-state index contributed by atoms with van der Waals surface area (Å²) in [5, 5.41) is 9.52. The second kappa shape index (κ2) is 17.1. The number of halogens is 2. The van der Waals surface area contributed by atoms with Gasteiger partial charge in [-0.05, 0) is 92.2 Å². The van der Waals surface area contributed by atoms with Crippen LogP contribution in [0, 0.1) is 11.6 Å². The molecule has 0 spiro atoms. The second-order valence-electron chi connectivity index (χ2n) is 13.6. The van der Waals surface area contributed by atoms with Crippen LogP contribution in [-0.2, 0) is 11.3 Å².